The lowest BCUT2D eigenvalue weighted by Gasteiger charge is -2.15. The van der Waals surface area contributed by atoms with E-state index in [-0.39, 0.29) is 6.61 Å². The predicted octanol–water partition coefficient (Wildman–Crippen LogP) is -0.713. The minimum atomic E-state index is -1.82. The number of carboxylic acid groups (broad SMARTS) is 2. The fourth-order valence-electron chi connectivity index (χ4n) is 0.808. The minimum absolute atomic E-state index is 0.238. The summed E-state index contributed by atoms with van der Waals surface area (Å²) < 4.78 is 9.32. The number of carboxylic acids is 2. The highest BCUT2D eigenvalue weighted by molar-refractivity contribution is 5.78. The highest BCUT2D eigenvalue weighted by Crippen LogP contribution is 2.23. The van der Waals surface area contributed by atoms with E-state index in [1.54, 1.807) is 0 Å². The number of rotatable bonds is 2. The smallest absolute Gasteiger partial charge is 0.364 e. The lowest BCUT2D eigenvalue weighted by Crippen LogP contribution is -2.37. The van der Waals surface area contributed by atoms with Crippen LogP contribution < -0.4 is 0 Å². The van der Waals surface area contributed by atoms with Crippen LogP contribution in [-0.4, -0.2) is 40.6 Å². The van der Waals surface area contributed by atoms with Crippen molar-refractivity contribution in [3.05, 3.63) is 0 Å². The van der Waals surface area contributed by atoms with Crippen molar-refractivity contribution >= 4 is 11.9 Å². The summed E-state index contributed by atoms with van der Waals surface area (Å²) in [6.07, 6.45) is -1.19. The highest BCUT2D eigenvalue weighted by atomic mass is 16.8. The first-order valence-corrected chi connectivity index (χ1v) is 3.24. The molecule has 1 rings (SSSR count). The zero-order chi connectivity index (χ0) is 9.35. The van der Waals surface area contributed by atoms with E-state index < -0.39 is 23.8 Å². The molecule has 0 aliphatic carbocycles. The Balaban J connectivity index is 2.67. The van der Waals surface area contributed by atoms with Crippen LogP contribution in [0.25, 0.3) is 0 Å². The molecule has 12 heavy (non-hydrogen) atoms. The molecule has 0 amide bonds. The summed E-state index contributed by atoms with van der Waals surface area (Å²) in [6, 6.07) is 0. The van der Waals surface area contributed by atoms with Crippen LogP contribution in [0.1, 0.15) is 6.92 Å². The third-order valence-electron chi connectivity index (χ3n) is 1.54. The topological polar surface area (TPSA) is 93.1 Å². The molecule has 1 heterocycles. The average molecular weight is 176 g/mol. The van der Waals surface area contributed by atoms with Crippen molar-refractivity contribution in [2.24, 2.45) is 0 Å². The lowest BCUT2D eigenvalue weighted by molar-refractivity contribution is -0.201. The molecule has 1 aliphatic rings. The summed E-state index contributed by atoms with van der Waals surface area (Å²) in [5.41, 5.74) is 0. The van der Waals surface area contributed by atoms with Crippen LogP contribution in [0.2, 0.25) is 0 Å². The van der Waals surface area contributed by atoms with Crippen molar-refractivity contribution in [2.75, 3.05) is 6.61 Å². The van der Waals surface area contributed by atoms with Crippen molar-refractivity contribution in [3.8, 4) is 0 Å². The molecule has 0 bridgehead atoms. The molecule has 1 aliphatic heterocycles. The number of carbonyl (C=O) groups is 2. The first-order chi connectivity index (χ1) is 5.46. The van der Waals surface area contributed by atoms with Gasteiger partial charge in [0, 0.05) is 6.92 Å². The first-order valence-electron chi connectivity index (χ1n) is 3.24. The SMILES string of the molecule is CC1(C(=O)O)OCC(C(=O)O)O1. The van der Waals surface area contributed by atoms with Gasteiger partial charge in [-0.15, -0.1) is 0 Å². The van der Waals surface area contributed by atoms with Gasteiger partial charge < -0.3 is 19.7 Å². The van der Waals surface area contributed by atoms with Gasteiger partial charge in [0.1, 0.15) is 0 Å². The zero-order valence-corrected chi connectivity index (χ0v) is 6.31. The normalized spacial score (nSPS) is 34.9. The maximum Gasteiger partial charge on any atom is 0.364 e. The molecule has 1 saturated heterocycles. The number of hydrogen-bond acceptors (Lipinski definition) is 4. The molecule has 0 saturated carbocycles. The Kier molecular flexibility index (Phi) is 2.03. The quantitative estimate of drug-likeness (QED) is 0.577. The Morgan fingerprint density at radius 2 is 2.08 bits per heavy atom. The molecule has 68 valence electrons. The van der Waals surface area contributed by atoms with E-state index in [4.69, 9.17) is 10.2 Å². The minimum Gasteiger partial charge on any atom is -0.479 e. The molecule has 0 radical (unpaired) electrons. The molecular formula is C6H8O6. The second-order valence-electron chi connectivity index (χ2n) is 2.51. The van der Waals surface area contributed by atoms with Gasteiger partial charge in [0.25, 0.3) is 5.79 Å². The Hall–Kier alpha value is -1.14. The summed E-state index contributed by atoms with van der Waals surface area (Å²) in [4.78, 5) is 20.8. The monoisotopic (exact) mass is 176 g/mol. The Bertz CT molecular complexity index is 224. The Labute approximate surface area is 67.7 Å². The van der Waals surface area contributed by atoms with Crippen LogP contribution in [-0.2, 0) is 19.1 Å². The molecule has 2 N–H and O–H groups in total. The second kappa shape index (κ2) is 2.72. The third kappa shape index (κ3) is 1.39. The lowest BCUT2D eigenvalue weighted by atomic mass is 10.3. The van der Waals surface area contributed by atoms with Crippen molar-refractivity contribution in [3.63, 3.8) is 0 Å². The van der Waals surface area contributed by atoms with E-state index in [0.29, 0.717) is 0 Å². The van der Waals surface area contributed by atoms with E-state index in [0.717, 1.165) is 6.92 Å². The molecule has 0 aromatic carbocycles. The van der Waals surface area contributed by atoms with E-state index >= 15 is 0 Å². The number of aliphatic carboxylic acids is 2. The van der Waals surface area contributed by atoms with Crippen LogP contribution in [0.4, 0.5) is 0 Å². The Morgan fingerprint density at radius 1 is 1.50 bits per heavy atom. The van der Waals surface area contributed by atoms with Gasteiger partial charge in [-0.2, -0.15) is 0 Å². The van der Waals surface area contributed by atoms with Crippen molar-refractivity contribution in [1.82, 2.24) is 0 Å². The fraction of sp³-hybridized carbons (Fsp3) is 0.667. The van der Waals surface area contributed by atoms with Gasteiger partial charge in [-0.25, -0.2) is 9.59 Å². The van der Waals surface area contributed by atoms with E-state index in [1.165, 1.54) is 0 Å². The van der Waals surface area contributed by atoms with Gasteiger partial charge in [-0.3, -0.25) is 0 Å². The summed E-state index contributed by atoms with van der Waals surface area (Å²) in [6.45, 7) is 0.927. The first kappa shape index (κ1) is 8.95. The molecule has 6 heteroatoms. The van der Waals surface area contributed by atoms with Crippen LogP contribution >= 0.6 is 0 Å². The summed E-state index contributed by atoms with van der Waals surface area (Å²) in [5.74, 6) is -4.37. The van der Waals surface area contributed by atoms with Crippen molar-refractivity contribution < 1.29 is 29.3 Å². The molecule has 6 nitrogen and oxygen atoms in total. The Morgan fingerprint density at radius 3 is 2.33 bits per heavy atom. The second-order valence-corrected chi connectivity index (χ2v) is 2.51. The van der Waals surface area contributed by atoms with Crippen molar-refractivity contribution in [1.29, 1.82) is 0 Å². The van der Waals surface area contributed by atoms with Crippen molar-refractivity contribution in [2.45, 2.75) is 18.8 Å². The maximum atomic E-state index is 10.4. The van der Waals surface area contributed by atoms with E-state index in [1.807, 2.05) is 0 Å². The molecule has 2 atom stereocenters. The van der Waals surface area contributed by atoms with Gasteiger partial charge >= 0.3 is 11.9 Å². The van der Waals surface area contributed by atoms with Crippen LogP contribution in [0.5, 0.6) is 0 Å². The molecule has 0 aromatic heterocycles. The third-order valence-corrected chi connectivity index (χ3v) is 1.54. The predicted molar refractivity (Wildman–Crippen MR) is 34.5 cm³/mol. The zero-order valence-electron chi connectivity index (χ0n) is 6.31. The molecule has 0 spiro atoms. The van der Waals surface area contributed by atoms with Gasteiger partial charge in [-0.05, 0) is 0 Å². The van der Waals surface area contributed by atoms with Crippen LogP contribution in [0.3, 0.4) is 0 Å². The summed E-state index contributed by atoms with van der Waals surface area (Å²) >= 11 is 0. The van der Waals surface area contributed by atoms with Gasteiger partial charge in [0.2, 0.25) is 0 Å². The van der Waals surface area contributed by atoms with Gasteiger partial charge in [0.15, 0.2) is 6.10 Å². The molecule has 1 fully saturated rings. The molecular weight excluding hydrogens is 168 g/mol. The number of ether oxygens (including phenoxy) is 2. The maximum absolute atomic E-state index is 10.4. The molecule has 0 aromatic rings. The molecule has 2 unspecified atom stereocenters. The highest BCUT2D eigenvalue weighted by Gasteiger charge is 2.46. The summed E-state index contributed by atoms with van der Waals surface area (Å²) in [7, 11) is 0. The average Bonchev–Trinajstić information content (AvgIpc) is 2.33. The fourth-order valence-corrected chi connectivity index (χ4v) is 0.808. The van der Waals surface area contributed by atoms with Crippen LogP contribution in [0, 0.1) is 0 Å². The summed E-state index contributed by atoms with van der Waals surface area (Å²) in [5, 5.41) is 17.0. The van der Waals surface area contributed by atoms with Crippen LogP contribution in [0.15, 0.2) is 0 Å². The van der Waals surface area contributed by atoms with Gasteiger partial charge in [-0.1, -0.05) is 0 Å². The largest absolute Gasteiger partial charge is 0.479 e. The standard InChI is InChI=1S/C6H8O6/c1-6(5(9)10)11-2-3(12-6)4(7)8/h3H,2H2,1H3,(H,7,8)(H,9,10). The van der Waals surface area contributed by atoms with Gasteiger partial charge in [0.05, 0.1) is 6.61 Å². The number of hydrogen-bond donors (Lipinski definition) is 2. The van der Waals surface area contributed by atoms with E-state index in [9.17, 15) is 9.59 Å². The van der Waals surface area contributed by atoms with E-state index in [2.05, 4.69) is 9.47 Å².